The molecule has 0 fully saturated rings. The van der Waals surface area contributed by atoms with Crippen LogP contribution in [0.25, 0.3) is 0 Å². The van der Waals surface area contributed by atoms with Gasteiger partial charge in [0.2, 0.25) is 0 Å². The first-order valence-electron chi connectivity index (χ1n) is 9.73. The van der Waals surface area contributed by atoms with E-state index in [1.54, 1.807) is 0 Å². The van der Waals surface area contributed by atoms with E-state index in [9.17, 15) is 14.4 Å². The second kappa shape index (κ2) is 21.0. The molecule has 0 bridgehead atoms. The maximum Gasteiger partial charge on any atom is 2.00 e. The van der Waals surface area contributed by atoms with Gasteiger partial charge < -0.3 is 18.9 Å². The van der Waals surface area contributed by atoms with E-state index in [4.69, 9.17) is 0 Å². The summed E-state index contributed by atoms with van der Waals surface area (Å²) in [4.78, 5) is 20.5. The quantitative estimate of drug-likeness (QED) is 0.160. The zero-order chi connectivity index (χ0) is 17.2. The first kappa shape index (κ1) is 27.9. The number of phosphoric ester groups is 1. The fourth-order valence-electron chi connectivity index (χ4n) is 2.83. The summed E-state index contributed by atoms with van der Waals surface area (Å²) >= 11 is 0. The Hall–Kier alpha value is 1.68. The van der Waals surface area contributed by atoms with Crippen LogP contribution in [0.2, 0.25) is 0 Å². The van der Waals surface area contributed by atoms with Gasteiger partial charge in [-0.15, -0.1) is 0 Å². The Morgan fingerprint density at radius 2 is 0.917 bits per heavy atom. The number of rotatable bonds is 18. The second-order valence-electron chi connectivity index (χ2n) is 6.58. The molecule has 0 heterocycles. The van der Waals surface area contributed by atoms with E-state index in [1.807, 2.05) is 0 Å². The summed E-state index contributed by atoms with van der Waals surface area (Å²) in [6.07, 6.45) is 20.3. The maximum atomic E-state index is 10.2. The van der Waals surface area contributed by atoms with Crippen LogP contribution >= 0.6 is 7.82 Å². The molecule has 0 rings (SSSR count). The second-order valence-corrected chi connectivity index (χ2v) is 7.74. The van der Waals surface area contributed by atoms with Crippen molar-refractivity contribution in [3.63, 3.8) is 0 Å². The molecule has 0 amide bonds. The smallest absolute Gasteiger partial charge is 0.790 e. The van der Waals surface area contributed by atoms with Crippen LogP contribution in [0.3, 0.4) is 0 Å². The Labute approximate surface area is 190 Å². The molecular formula is C18H37BaO4P. The zero-order valence-corrected chi connectivity index (χ0v) is 21.1. The molecule has 0 saturated carbocycles. The van der Waals surface area contributed by atoms with E-state index in [0.29, 0.717) is 6.42 Å². The third-order valence-electron chi connectivity index (χ3n) is 4.25. The third kappa shape index (κ3) is 25.9. The summed E-state index contributed by atoms with van der Waals surface area (Å²) in [6, 6.07) is 0. The van der Waals surface area contributed by atoms with Crippen molar-refractivity contribution in [2.45, 2.75) is 110 Å². The molecule has 0 unspecified atom stereocenters. The SMILES string of the molecule is CCCCCCCCCCCCCCCCCCOP(=O)([O-])[O-].[Ba+2]. The van der Waals surface area contributed by atoms with E-state index in [1.165, 1.54) is 83.5 Å². The van der Waals surface area contributed by atoms with Crippen molar-refractivity contribution in [2.75, 3.05) is 6.61 Å². The first-order valence-corrected chi connectivity index (χ1v) is 11.2. The molecule has 0 aromatic carbocycles. The van der Waals surface area contributed by atoms with Gasteiger partial charge in [0.25, 0.3) is 0 Å². The van der Waals surface area contributed by atoms with E-state index >= 15 is 0 Å². The average molecular weight is 486 g/mol. The molecule has 0 aliphatic rings. The zero-order valence-electron chi connectivity index (χ0n) is 15.8. The van der Waals surface area contributed by atoms with E-state index in [-0.39, 0.29) is 55.5 Å². The van der Waals surface area contributed by atoms with E-state index in [0.717, 1.165) is 12.8 Å². The molecule has 0 N–H and O–H groups in total. The van der Waals surface area contributed by atoms with Crippen molar-refractivity contribution >= 4 is 56.7 Å². The predicted molar refractivity (Wildman–Crippen MR) is 98.9 cm³/mol. The van der Waals surface area contributed by atoms with Crippen LogP contribution in [-0.2, 0) is 9.09 Å². The Morgan fingerprint density at radius 1 is 0.625 bits per heavy atom. The number of hydrogen-bond donors (Lipinski definition) is 0. The molecule has 0 aliphatic carbocycles. The molecule has 140 valence electrons. The van der Waals surface area contributed by atoms with Crippen molar-refractivity contribution in [1.82, 2.24) is 0 Å². The summed E-state index contributed by atoms with van der Waals surface area (Å²) < 4.78 is 14.4. The van der Waals surface area contributed by atoms with E-state index < -0.39 is 7.82 Å². The number of unbranched alkanes of at least 4 members (excludes halogenated alkanes) is 15. The molecule has 6 heteroatoms. The molecule has 0 aromatic heterocycles. The van der Waals surface area contributed by atoms with Gasteiger partial charge in [0.1, 0.15) is 0 Å². The van der Waals surface area contributed by atoms with Gasteiger partial charge >= 0.3 is 48.9 Å². The van der Waals surface area contributed by atoms with Gasteiger partial charge in [0.15, 0.2) is 0 Å². The summed E-state index contributed by atoms with van der Waals surface area (Å²) in [5, 5.41) is 0. The minimum absolute atomic E-state index is 0. The van der Waals surface area contributed by atoms with Crippen molar-refractivity contribution in [3.8, 4) is 0 Å². The summed E-state index contributed by atoms with van der Waals surface area (Å²) in [5.74, 6) is 0. The molecule has 0 saturated heterocycles. The Morgan fingerprint density at radius 3 is 1.21 bits per heavy atom. The third-order valence-corrected chi connectivity index (χ3v) is 4.75. The van der Waals surface area contributed by atoms with E-state index in [2.05, 4.69) is 11.4 Å². The van der Waals surface area contributed by atoms with Crippen molar-refractivity contribution in [2.24, 2.45) is 0 Å². The molecular weight excluding hydrogens is 448 g/mol. The molecule has 0 radical (unpaired) electrons. The fraction of sp³-hybridized carbons (Fsp3) is 1.00. The van der Waals surface area contributed by atoms with Crippen molar-refractivity contribution in [3.05, 3.63) is 0 Å². The van der Waals surface area contributed by atoms with Crippen LogP contribution in [-0.4, -0.2) is 55.5 Å². The number of hydrogen-bond acceptors (Lipinski definition) is 4. The van der Waals surface area contributed by atoms with Crippen molar-refractivity contribution in [1.29, 1.82) is 0 Å². The fourth-order valence-corrected chi connectivity index (χ4v) is 3.18. The molecule has 0 atom stereocenters. The van der Waals surface area contributed by atoms with Gasteiger partial charge in [-0.2, -0.15) is 0 Å². The Kier molecular flexibility index (Phi) is 24.4. The number of phosphoric acid groups is 1. The van der Waals surface area contributed by atoms with Gasteiger partial charge in [-0.3, -0.25) is 0 Å². The predicted octanol–water partition coefficient (Wildman–Crippen LogP) is 4.71. The topological polar surface area (TPSA) is 72.4 Å². The van der Waals surface area contributed by atoms with Gasteiger partial charge in [-0.25, -0.2) is 0 Å². The molecule has 0 spiro atoms. The van der Waals surface area contributed by atoms with Gasteiger partial charge in [-0.05, 0) is 6.42 Å². The van der Waals surface area contributed by atoms with Crippen LogP contribution in [0, 0.1) is 0 Å². The van der Waals surface area contributed by atoms with Gasteiger partial charge in [0, 0.05) is 0 Å². The van der Waals surface area contributed by atoms with Crippen LogP contribution in [0.15, 0.2) is 0 Å². The van der Waals surface area contributed by atoms with Gasteiger partial charge in [0.05, 0.1) is 14.4 Å². The van der Waals surface area contributed by atoms with Crippen LogP contribution in [0.4, 0.5) is 0 Å². The van der Waals surface area contributed by atoms with Crippen LogP contribution in [0.1, 0.15) is 110 Å². The maximum absolute atomic E-state index is 10.2. The van der Waals surface area contributed by atoms with Gasteiger partial charge in [-0.1, -0.05) is 103 Å². The monoisotopic (exact) mass is 486 g/mol. The minimum atomic E-state index is -4.76. The molecule has 24 heavy (non-hydrogen) atoms. The average Bonchev–Trinajstić information content (AvgIpc) is 2.49. The molecule has 0 aromatic rings. The first-order chi connectivity index (χ1) is 11.1. The minimum Gasteiger partial charge on any atom is -0.790 e. The van der Waals surface area contributed by atoms with Crippen molar-refractivity contribution < 1.29 is 18.9 Å². The molecule has 0 aliphatic heterocycles. The van der Waals surface area contributed by atoms with Crippen LogP contribution in [0.5, 0.6) is 0 Å². The summed E-state index contributed by atoms with van der Waals surface area (Å²) in [7, 11) is -4.76. The standard InChI is InChI=1S/C18H39O4P.Ba/c1-2-3-4-5-6-7-8-9-10-11-12-13-14-15-16-17-18-22-23(19,20)21;/h2-18H2,1H3,(H2,19,20,21);/q;+2/p-2. The summed E-state index contributed by atoms with van der Waals surface area (Å²) in [6.45, 7) is 2.30. The normalized spacial score (nSPS) is 11.5. The summed E-state index contributed by atoms with van der Waals surface area (Å²) in [5.41, 5.74) is 0. The molecule has 4 nitrogen and oxygen atoms in total. The van der Waals surface area contributed by atoms with Crippen LogP contribution < -0.4 is 9.79 Å². The largest absolute Gasteiger partial charge is 2.00 e. The Bertz CT molecular complexity index is 284. The Balaban J connectivity index is 0.